The fraction of sp³-hybridized carbons (Fsp3) is 0.0690. The van der Waals surface area contributed by atoms with Crippen LogP contribution in [0.5, 0.6) is 0 Å². The summed E-state index contributed by atoms with van der Waals surface area (Å²) in [6.45, 7) is 0. The Labute approximate surface area is 206 Å². The lowest BCUT2D eigenvalue weighted by atomic mass is 10.00. The molecule has 0 saturated heterocycles. The summed E-state index contributed by atoms with van der Waals surface area (Å²) in [5, 5.41) is 3.52. The van der Waals surface area contributed by atoms with Crippen LogP contribution in [-0.2, 0) is 12.4 Å². The Morgan fingerprint density at radius 3 is 1.51 bits per heavy atom. The summed E-state index contributed by atoms with van der Waals surface area (Å²) in [5.41, 5.74) is 0.465. The van der Waals surface area contributed by atoms with Crippen molar-refractivity contribution in [1.82, 2.24) is 9.55 Å². The number of nitrogens with zero attached hydrogens (tertiary/aromatic N) is 2. The minimum Gasteiger partial charge on any atom is -0.292 e. The highest BCUT2D eigenvalue weighted by Crippen LogP contribution is 2.40. The number of benzene rings is 5. The molecule has 0 aliphatic carbocycles. The van der Waals surface area contributed by atoms with E-state index < -0.39 is 23.5 Å². The first-order chi connectivity index (χ1) is 17.6. The minimum atomic E-state index is -4.51. The van der Waals surface area contributed by atoms with Crippen LogP contribution < -0.4 is 0 Å². The van der Waals surface area contributed by atoms with Gasteiger partial charge in [0.1, 0.15) is 5.82 Å². The summed E-state index contributed by atoms with van der Waals surface area (Å²) in [5.74, 6) is 0.324. The number of rotatable bonds is 2. The average Bonchev–Trinajstić information content (AvgIpc) is 3.29. The normalized spacial score (nSPS) is 12.6. The minimum absolute atomic E-state index is 0.324. The highest BCUT2D eigenvalue weighted by Gasteiger charge is 2.31. The molecule has 0 fully saturated rings. The van der Waals surface area contributed by atoms with Gasteiger partial charge in [0.25, 0.3) is 0 Å². The summed E-state index contributed by atoms with van der Waals surface area (Å²) < 4.78 is 81.1. The zero-order valence-electron chi connectivity index (χ0n) is 18.9. The number of alkyl halides is 6. The van der Waals surface area contributed by atoms with Gasteiger partial charge in [-0.3, -0.25) is 4.57 Å². The van der Waals surface area contributed by atoms with Crippen molar-refractivity contribution in [1.29, 1.82) is 0 Å². The van der Waals surface area contributed by atoms with Gasteiger partial charge in [-0.05, 0) is 47.2 Å². The Morgan fingerprint density at radius 1 is 0.514 bits per heavy atom. The fourth-order valence-electron chi connectivity index (χ4n) is 4.76. The topological polar surface area (TPSA) is 17.8 Å². The van der Waals surface area contributed by atoms with Gasteiger partial charge in [-0.2, -0.15) is 26.3 Å². The lowest BCUT2D eigenvalue weighted by molar-refractivity contribution is -0.138. The predicted octanol–water partition coefficient (Wildman–Crippen LogP) is 9.04. The number of hydrogen-bond acceptors (Lipinski definition) is 1. The second-order valence-corrected chi connectivity index (χ2v) is 8.68. The van der Waals surface area contributed by atoms with Crippen LogP contribution >= 0.6 is 0 Å². The predicted molar refractivity (Wildman–Crippen MR) is 132 cm³/mol. The van der Waals surface area contributed by atoms with Gasteiger partial charge in [0.2, 0.25) is 0 Å². The maximum absolute atomic E-state index is 13.3. The number of fused-ring (bicyclic) bond motifs is 6. The first-order valence-corrected chi connectivity index (χ1v) is 11.3. The molecule has 8 heteroatoms. The fourth-order valence-corrected chi connectivity index (χ4v) is 4.76. The maximum atomic E-state index is 13.3. The summed E-state index contributed by atoms with van der Waals surface area (Å²) in [4.78, 5) is 4.86. The second kappa shape index (κ2) is 8.09. The van der Waals surface area contributed by atoms with Gasteiger partial charge >= 0.3 is 12.4 Å². The van der Waals surface area contributed by atoms with Crippen molar-refractivity contribution in [3.05, 3.63) is 108 Å². The molecular weight excluding hydrogens is 490 g/mol. The molecule has 6 rings (SSSR count). The van der Waals surface area contributed by atoms with Crippen LogP contribution in [0, 0.1) is 0 Å². The van der Waals surface area contributed by atoms with Crippen molar-refractivity contribution in [3.63, 3.8) is 0 Å². The summed E-state index contributed by atoms with van der Waals surface area (Å²) in [7, 11) is 0. The molecule has 0 bridgehead atoms. The van der Waals surface area contributed by atoms with E-state index in [9.17, 15) is 26.3 Å². The van der Waals surface area contributed by atoms with E-state index in [0.29, 0.717) is 28.1 Å². The lowest BCUT2D eigenvalue weighted by Gasteiger charge is -2.14. The Morgan fingerprint density at radius 2 is 0.973 bits per heavy atom. The van der Waals surface area contributed by atoms with Gasteiger partial charge in [-0.1, -0.05) is 60.7 Å². The van der Waals surface area contributed by atoms with Crippen LogP contribution in [0.2, 0.25) is 0 Å². The zero-order valence-corrected chi connectivity index (χ0v) is 18.9. The van der Waals surface area contributed by atoms with Gasteiger partial charge in [0, 0.05) is 22.0 Å². The van der Waals surface area contributed by atoms with Crippen LogP contribution in [-0.4, -0.2) is 9.55 Å². The molecule has 0 atom stereocenters. The van der Waals surface area contributed by atoms with Crippen molar-refractivity contribution >= 4 is 32.6 Å². The quantitative estimate of drug-likeness (QED) is 0.169. The van der Waals surface area contributed by atoms with Crippen LogP contribution in [0.1, 0.15) is 11.1 Å². The van der Waals surface area contributed by atoms with E-state index in [1.807, 2.05) is 48.5 Å². The molecule has 0 aliphatic heterocycles. The Bertz CT molecular complexity index is 1780. The highest BCUT2D eigenvalue weighted by molar-refractivity contribution is 6.24. The monoisotopic (exact) mass is 506 g/mol. The largest absolute Gasteiger partial charge is 0.416 e. The third-order valence-corrected chi connectivity index (χ3v) is 6.46. The van der Waals surface area contributed by atoms with Crippen LogP contribution in [0.25, 0.3) is 49.7 Å². The first-order valence-electron chi connectivity index (χ1n) is 11.3. The van der Waals surface area contributed by atoms with E-state index >= 15 is 0 Å². The smallest absolute Gasteiger partial charge is 0.292 e. The highest BCUT2D eigenvalue weighted by atomic mass is 19.4. The van der Waals surface area contributed by atoms with Crippen LogP contribution in [0.3, 0.4) is 0 Å². The Kier molecular flexibility index (Phi) is 5.05. The molecule has 37 heavy (non-hydrogen) atoms. The van der Waals surface area contributed by atoms with Crippen molar-refractivity contribution in [3.8, 4) is 17.1 Å². The van der Waals surface area contributed by atoms with E-state index in [0.717, 1.165) is 45.8 Å². The Balaban J connectivity index is 1.72. The molecule has 0 spiro atoms. The van der Waals surface area contributed by atoms with Crippen molar-refractivity contribution in [2.75, 3.05) is 0 Å². The molecule has 2 nitrogen and oxygen atoms in total. The van der Waals surface area contributed by atoms with Crippen molar-refractivity contribution < 1.29 is 26.3 Å². The molecule has 5 aromatic carbocycles. The van der Waals surface area contributed by atoms with E-state index in [2.05, 4.69) is 0 Å². The van der Waals surface area contributed by atoms with Gasteiger partial charge in [-0.25, -0.2) is 4.98 Å². The maximum Gasteiger partial charge on any atom is 0.416 e. The SMILES string of the molecule is FC(F)(F)c1ccc(-c2nc3c4ccccc4c4ccccc4c3n2-c2ccc(C(F)(F)F)cc2)cc1. The number of aromatic nitrogens is 2. The average molecular weight is 506 g/mol. The molecule has 6 aromatic rings. The molecule has 0 N–H and O–H groups in total. The first kappa shape index (κ1) is 23.1. The van der Waals surface area contributed by atoms with E-state index in [4.69, 9.17) is 4.98 Å². The van der Waals surface area contributed by atoms with Crippen molar-refractivity contribution in [2.24, 2.45) is 0 Å². The lowest BCUT2D eigenvalue weighted by Crippen LogP contribution is -2.06. The standard InChI is InChI=1S/C29H16F6N2/c30-28(31,32)18-11-9-17(10-12-18)27-36-25-23-7-3-1-5-21(23)22-6-2-4-8-24(22)26(25)37(27)20-15-13-19(14-16-20)29(33,34)35/h1-16H. The molecule has 0 radical (unpaired) electrons. The summed E-state index contributed by atoms with van der Waals surface area (Å²) >= 11 is 0. The summed E-state index contributed by atoms with van der Waals surface area (Å²) in [6.07, 6.45) is -9.01. The molecule has 0 saturated carbocycles. The molecule has 0 aliphatic rings. The molecule has 1 heterocycles. The van der Waals surface area contributed by atoms with Gasteiger partial charge in [0.15, 0.2) is 0 Å². The molecule has 1 aromatic heterocycles. The van der Waals surface area contributed by atoms with Crippen LogP contribution in [0.15, 0.2) is 97.1 Å². The van der Waals surface area contributed by atoms with Crippen LogP contribution in [0.4, 0.5) is 26.3 Å². The number of hydrogen-bond donors (Lipinski definition) is 0. The Hall–Kier alpha value is -4.33. The van der Waals surface area contributed by atoms with Gasteiger partial charge < -0.3 is 0 Å². The third kappa shape index (κ3) is 3.80. The van der Waals surface area contributed by atoms with Gasteiger partial charge in [-0.15, -0.1) is 0 Å². The molecule has 0 amide bonds. The molecule has 184 valence electrons. The summed E-state index contributed by atoms with van der Waals surface area (Å²) in [6, 6.07) is 24.5. The number of halogens is 6. The van der Waals surface area contributed by atoms with E-state index in [-0.39, 0.29) is 0 Å². The molecular formula is C29H16F6N2. The van der Waals surface area contributed by atoms with Crippen molar-refractivity contribution in [2.45, 2.75) is 12.4 Å². The second-order valence-electron chi connectivity index (χ2n) is 8.68. The number of imidazole rings is 1. The molecule has 0 unspecified atom stereocenters. The van der Waals surface area contributed by atoms with Gasteiger partial charge in [0.05, 0.1) is 22.2 Å². The zero-order chi connectivity index (χ0) is 25.9. The third-order valence-electron chi connectivity index (χ3n) is 6.46. The van der Waals surface area contributed by atoms with E-state index in [1.54, 1.807) is 4.57 Å². The van der Waals surface area contributed by atoms with E-state index in [1.165, 1.54) is 24.3 Å².